The second kappa shape index (κ2) is 2.63. The summed E-state index contributed by atoms with van der Waals surface area (Å²) < 4.78 is 0. The predicted molar refractivity (Wildman–Crippen MR) is 34.1 cm³/mol. The van der Waals surface area contributed by atoms with Gasteiger partial charge < -0.3 is 10.9 Å². The average molecular weight is 143 g/mol. The maximum Gasteiger partial charge on any atom is 0.151 e. The molecular weight excluding hydrogens is 134 g/mol. The molecule has 0 radical (unpaired) electrons. The van der Waals surface area contributed by atoms with Crippen LogP contribution in [0.4, 0.5) is 0 Å². The van der Waals surface area contributed by atoms with Gasteiger partial charge in [0.1, 0.15) is 10.9 Å². The number of hydrogen-bond acceptors (Lipinski definition) is 5. The highest BCUT2D eigenvalue weighted by molar-refractivity contribution is 4.94. The van der Waals surface area contributed by atoms with Gasteiger partial charge in [-0.2, -0.15) is 5.84 Å². The molecule has 1 heterocycles. The van der Waals surface area contributed by atoms with Crippen LogP contribution in [0.5, 0.6) is 0 Å². The van der Waals surface area contributed by atoms with Gasteiger partial charge in [-0.25, -0.2) is 0 Å². The van der Waals surface area contributed by atoms with Crippen molar-refractivity contribution in [1.82, 2.24) is 5.12 Å². The molecule has 0 amide bonds. The zero-order chi connectivity index (χ0) is 7.56. The first-order chi connectivity index (χ1) is 4.74. The van der Waals surface area contributed by atoms with Crippen LogP contribution in [-0.4, -0.2) is 23.1 Å². The van der Waals surface area contributed by atoms with Gasteiger partial charge in [0.25, 0.3) is 0 Å². The third-order valence-corrected chi connectivity index (χ3v) is 1.16. The van der Waals surface area contributed by atoms with E-state index in [1.165, 1.54) is 0 Å². The van der Waals surface area contributed by atoms with Gasteiger partial charge in [-0.3, -0.25) is 0 Å². The Morgan fingerprint density at radius 2 is 2.60 bits per heavy atom. The lowest BCUT2D eigenvalue weighted by molar-refractivity contribution is -0.502. The molecule has 0 aromatic heterocycles. The second-order valence-corrected chi connectivity index (χ2v) is 1.88. The number of hydroxylamine groups is 1. The minimum atomic E-state index is 0.195. The van der Waals surface area contributed by atoms with E-state index in [4.69, 9.17) is 11.6 Å². The minimum Gasteiger partial charge on any atom is -0.691 e. The fraction of sp³-hybridized carbons (Fsp3) is 0.500. The molecule has 4 N–H and O–H groups in total. The smallest absolute Gasteiger partial charge is 0.151 e. The highest BCUT2D eigenvalue weighted by Crippen LogP contribution is 2.01. The van der Waals surface area contributed by atoms with Crippen molar-refractivity contribution in [3.05, 3.63) is 17.0 Å². The molecule has 0 spiro atoms. The Balaban J connectivity index is 2.71. The van der Waals surface area contributed by atoms with Crippen molar-refractivity contribution >= 4 is 0 Å². The molecule has 1 aliphatic rings. The van der Waals surface area contributed by atoms with Gasteiger partial charge in [0.05, 0.1) is 6.54 Å². The minimum absolute atomic E-state index is 0.195. The third kappa shape index (κ3) is 1.23. The van der Waals surface area contributed by atoms with E-state index in [1.807, 2.05) is 0 Å². The van der Waals surface area contributed by atoms with Crippen molar-refractivity contribution in [1.29, 1.82) is 0 Å². The Morgan fingerprint density at radius 3 is 3.10 bits per heavy atom. The third-order valence-electron chi connectivity index (χ3n) is 1.16. The summed E-state index contributed by atoms with van der Waals surface area (Å²) in [6, 6.07) is 0. The Morgan fingerprint density at radius 1 is 1.90 bits per heavy atom. The summed E-state index contributed by atoms with van der Waals surface area (Å²) in [6.07, 6.45) is 1.64. The summed E-state index contributed by atoms with van der Waals surface area (Å²) in [4.78, 5) is 0.420. The van der Waals surface area contributed by atoms with Crippen molar-refractivity contribution in [3.8, 4) is 0 Å². The summed E-state index contributed by atoms with van der Waals surface area (Å²) >= 11 is 0. The van der Waals surface area contributed by atoms with Crippen LogP contribution in [0.25, 0.3) is 0 Å². The molecule has 10 heavy (non-hydrogen) atoms. The zero-order valence-electron chi connectivity index (χ0n) is 5.40. The standard InChI is InChI=1S/C4H9N5O/c5-3-4-1-2-8(6)7-9(4)10/h1H,2-3,5-6H2. The van der Waals surface area contributed by atoms with Crippen molar-refractivity contribution in [3.63, 3.8) is 0 Å². The number of hydrazine groups is 1. The number of nitrogens with two attached hydrogens (primary N) is 2. The average Bonchev–Trinajstić information content (AvgIpc) is 1.88. The molecule has 0 unspecified atom stereocenters. The molecule has 1 aliphatic heterocycles. The van der Waals surface area contributed by atoms with Gasteiger partial charge in [0, 0.05) is 6.08 Å². The zero-order valence-corrected chi connectivity index (χ0v) is 5.40. The highest BCUT2D eigenvalue weighted by Gasteiger charge is 2.11. The summed E-state index contributed by atoms with van der Waals surface area (Å²) in [5, 5.41) is 15.1. The Labute approximate surface area is 57.9 Å². The van der Waals surface area contributed by atoms with Gasteiger partial charge in [-0.05, 0) is 0 Å². The van der Waals surface area contributed by atoms with Gasteiger partial charge in [0.15, 0.2) is 6.54 Å². The maximum absolute atomic E-state index is 10.7. The Hall–Kier alpha value is -1.14. The van der Waals surface area contributed by atoms with Crippen molar-refractivity contribution in [2.45, 2.75) is 0 Å². The van der Waals surface area contributed by atoms with E-state index in [2.05, 4.69) is 5.22 Å². The topological polar surface area (TPSA) is 93.7 Å². The Kier molecular flexibility index (Phi) is 1.83. The van der Waals surface area contributed by atoms with E-state index in [1.54, 1.807) is 6.08 Å². The first kappa shape index (κ1) is 6.97. The molecule has 0 bridgehead atoms. The lowest BCUT2D eigenvalue weighted by atomic mass is 10.4. The van der Waals surface area contributed by atoms with E-state index in [0.29, 0.717) is 17.1 Å². The van der Waals surface area contributed by atoms with E-state index >= 15 is 0 Å². The lowest BCUT2D eigenvalue weighted by Gasteiger charge is -2.14. The van der Waals surface area contributed by atoms with Crippen LogP contribution < -0.4 is 11.6 Å². The molecule has 0 fully saturated rings. The van der Waals surface area contributed by atoms with Crippen molar-refractivity contribution in [2.75, 3.05) is 13.1 Å². The van der Waals surface area contributed by atoms with E-state index in [9.17, 15) is 5.21 Å². The van der Waals surface area contributed by atoms with Crippen LogP contribution in [0.2, 0.25) is 0 Å². The summed E-state index contributed by atoms with van der Waals surface area (Å²) in [5.74, 6) is 5.18. The molecule has 1 rings (SSSR count). The van der Waals surface area contributed by atoms with Crippen LogP contribution >= 0.6 is 0 Å². The maximum atomic E-state index is 10.7. The lowest BCUT2D eigenvalue weighted by Crippen LogP contribution is -2.32. The number of nitrogens with zero attached hydrogens (tertiary/aromatic N) is 3. The summed E-state index contributed by atoms with van der Waals surface area (Å²) in [6.45, 7) is 0.631. The van der Waals surface area contributed by atoms with Crippen LogP contribution in [0.15, 0.2) is 17.0 Å². The van der Waals surface area contributed by atoms with Crippen LogP contribution in [0.3, 0.4) is 0 Å². The van der Waals surface area contributed by atoms with Crippen LogP contribution in [0.1, 0.15) is 0 Å². The summed E-state index contributed by atoms with van der Waals surface area (Å²) in [5.41, 5.74) is 5.66. The molecular formula is C4H9N5O. The molecule has 0 aliphatic carbocycles. The monoisotopic (exact) mass is 143 g/mol. The van der Waals surface area contributed by atoms with Gasteiger partial charge >= 0.3 is 0 Å². The fourth-order valence-electron chi connectivity index (χ4n) is 0.637. The number of hydrogen-bond donors (Lipinski definition) is 2. The second-order valence-electron chi connectivity index (χ2n) is 1.88. The molecule has 56 valence electrons. The van der Waals surface area contributed by atoms with E-state index in [0.717, 1.165) is 5.12 Å². The van der Waals surface area contributed by atoms with Crippen LogP contribution in [0, 0.1) is 5.21 Å². The quantitative estimate of drug-likeness (QED) is 0.276. The van der Waals surface area contributed by atoms with E-state index in [-0.39, 0.29) is 6.54 Å². The van der Waals surface area contributed by atoms with Crippen molar-refractivity contribution in [2.24, 2.45) is 16.8 Å². The Bertz CT molecular complexity index is 186. The first-order valence-electron chi connectivity index (χ1n) is 2.84. The number of rotatable bonds is 1. The van der Waals surface area contributed by atoms with E-state index < -0.39 is 0 Å². The molecule has 0 aromatic carbocycles. The molecule has 0 saturated carbocycles. The highest BCUT2D eigenvalue weighted by atomic mass is 16.5. The predicted octanol–water partition coefficient (Wildman–Crippen LogP) is -1.10. The normalized spacial score (nSPS) is 18.4. The van der Waals surface area contributed by atoms with Gasteiger partial charge in [-0.15, -0.1) is 4.86 Å². The van der Waals surface area contributed by atoms with Crippen molar-refractivity contribution < 1.29 is 4.86 Å². The first-order valence-corrected chi connectivity index (χ1v) is 2.84. The fourth-order valence-corrected chi connectivity index (χ4v) is 0.637. The van der Waals surface area contributed by atoms with Gasteiger partial charge in [-0.1, -0.05) is 5.12 Å². The molecule has 0 atom stereocenters. The molecule has 0 aromatic rings. The molecule has 0 saturated heterocycles. The molecule has 6 nitrogen and oxygen atoms in total. The summed E-state index contributed by atoms with van der Waals surface area (Å²) in [7, 11) is 0. The largest absolute Gasteiger partial charge is 0.691 e. The SMILES string of the molecule is NCC1=CCN(N)N=[N+]1[O-]. The van der Waals surface area contributed by atoms with Gasteiger partial charge in [0.2, 0.25) is 0 Å². The van der Waals surface area contributed by atoms with Crippen LogP contribution in [-0.2, 0) is 0 Å². The molecule has 6 heteroatoms.